The van der Waals surface area contributed by atoms with E-state index >= 15 is 0 Å². The van der Waals surface area contributed by atoms with Crippen molar-refractivity contribution in [3.05, 3.63) is 23.9 Å². The topological polar surface area (TPSA) is 65.8 Å². The van der Waals surface area contributed by atoms with E-state index in [-0.39, 0.29) is 0 Å². The second-order valence-electron chi connectivity index (χ2n) is 3.10. The van der Waals surface area contributed by atoms with Gasteiger partial charge < -0.3 is 5.32 Å². The van der Waals surface area contributed by atoms with Crippen molar-refractivity contribution in [2.24, 2.45) is 0 Å². The van der Waals surface area contributed by atoms with Gasteiger partial charge in [0.25, 0.3) is 0 Å². The zero-order valence-corrected chi connectivity index (χ0v) is 9.38. The minimum atomic E-state index is -0.732. The summed E-state index contributed by atoms with van der Waals surface area (Å²) in [5, 5.41) is 11.7. The minimum Gasteiger partial charge on any atom is -0.370 e. The Kier molecular flexibility index (Phi) is 4.78. The van der Waals surface area contributed by atoms with Crippen LogP contribution in [-0.4, -0.2) is 27.7 Å². The molecule has 0 spiro atoms. The smallest absolute Gasteiger partial charge is 0.125 e. The average molecular weight is 223 g/mol. The molecular formula is C10H13N3OS. The summed E-state index contributed by atoms with van der Waals surface area (Å²) in [7, 11) is -0.732. The number of nitrogens with one attached hydrogen (secondary N) is 1. The molecule has 1 aromatic heterocycles. The molecule has 1 N–H and O–H groups in total. The van der Waals surface area contributed by atoms with Crippen LogP contribution >= 0.6 is 0 Å². The van der Waals surface area contributed by atoms with Crippen LogP contribution in [0.2, 0.25) is 0 Å². The highest BCUT2D eigenvalue weighted by molar-refractivity contribution is 7.84. The van der Waals surface area contributed by atoms with Crippen LogP contribution in [-0.2, 0) is 10.8 Å². The number of hydrogen-bond acceptors (Lipinski definition) is 4. The largest absolute Gasteiger partial charge is 0.370 e. The van der Waals surface area contributed by atoms with E-state index in [2.05, 4.69) is 10.3 Å². The molecule has 1 rings (SSSR count). The third kappa shape index (κ3) is 4.56. The molecule has 0 saturated heterocycles. The van der Waals surface area contributed by atoms with Crippen molar-refractivity contribution in [3.8, 4) is 6.07 Å². The number of aromatic nitrogens is 1. The first kappa shape index (κ1) is 11.7. The first-order chi connectivity index (χ1) is 7.22. The maximum absolute atomic E-state index is 10.8. The van der Waals surface area contributed by atoms with Crippen LogP contribution in [0, 0.1) is 11.3 Å². The standard InChI is InChI=1S/C10H13N3OS/c1-15(14)6-2-5-12-10-4-3-9(7-11)8-13-10/h3-4,8H,2,5-6H2,1H3,(H,12,13). The SMILES string of the molecule is CS(=O)CCCNc1ccc(C#N)cn1. The Morgan fingerprint density at radius 1 is 1.60 bits per heavy atom. The molecule has 5 heteroatoms. The predicted octanol–water partition coefficient (Wildman–Crippen LogP) is 1.13. The number of pyridine rings is 1. The second-order valence-corrected chi connectivity index (χ2v) is 4.66. The monoisotopic (exact) mass is 223 g/mol. The predicted molar refractivity (Wildman–Crippen MR) is 61.0 cm³/mol. The van der Waals surface area contributed by atoms with E-state index in [0.717, 1.165) is 18.8 Å². The molecule has 0 aliphatic rings. The molecule has 0 aliphatic heterocycles. The first-order valence-electron chi connectivity index (χ1n) is 4.62. The van der Waals surface area contributed by atoms with Crippen LogP contribution in [0.5, 0.6) is 0 Å². The van der Waals surface area contributed by atoms with E-state index in [9.17, 15) is 4.21 Å². The van der Waals surface area contributed by atoms with Crippen molar-refractivity contribution in [1.82, 2.24) is 4.98 Å². The second kappa shape index (κ2) is 6.14. The summed E-state index contributed by atoms with van der Waals surface area (Å²) in [5.41, 5.74) is 0.551. The Labute approximate surface area is 91.8 Å². The summed E-state index contributed by atoms with van der Waals surface area (Å²) in [6.45, 7) is 0.748. The summed E-state index contributed by atoms with van der Waals surface area (Å²) in [6, 6.07) is 5.49. The van der Waals surface area contributed by atoms with Gasteiger partial charge in [0.2, 0.25) is 0 Å². The fourth-order valence-corrected chi connectivity index (χ4v) is 1.61. The van der Waals surface area contributed by atoms with Gasteiger partial charge in [-0.25, -0.2) is 4.98 Å². The van der Waals surface area contributed by atoms with Crippen LogP contribution in [0.1, 0.15) is 12.0 Å². The number of nitriles is 1. The van der Waals surface area contributed by atoms with Gasteiger partial charge >= 0.3 is 0 Å². The van der Waals surface area contributed by atoms with E-state index in [1.165, 1.54) is 6.20 Å². The normalized spacial score (nSPS) is 11.7. The Hall–Kier alpha value is -1.41. The van der Waals surface area contributed by atoms with Gasteiger partial charge in [-0.2, -0.15) is 5.26 Å². The Morgan fingerprint density at radius 2 is 2.40 bits per heavy atom. The van der Waals surface area contributed by atoms with E-state index < -0.39 is 10.8 Å². The third-order valence-corrected chi connectivity index (χ3v) is 2.67. The van der Waals surface area contributed by atoms with Gasteiger partial charge in [-0.15, -0.1) is 0 Å². The highest BCUT2D eigenvalue weighted by Crippen LogP contribution is 2.03. The van der Waals surface area contributed by atoms with Gasteiger partial charge in [0.05, 0.1) is 5.56 Å². The summed E-state index contributed by atoms with van der Waals surface area (Å²) in [6.07, 6.45) is 4.07. The third-order valence-electron chi connectivity index (χ3n) is 1.81. The van der Waals surface area contributed by atoms with Crippen LogP contribution in [0.25, 0.3) is 0 Å². The number of anilines is 1. The van der Waals surface area contributed by atoms with Gasteiger partial charge in [0, 0.05) is 35.5 Å². The summed E-state index contributed by atoms with van der Waals surface area (Å²) in [4.78, 5) is 4.06. The average Bonchev–Trinajstić information content (AvgIpc) is 2.25. The maximum Gasteiger partial charge on any atom is 0.125 e. The molecule has 1 atom stereocenters. The van der Waals surface area contributed by atoms with Crippen molar-refractivity contribution < 1.29 is 4.21 Å². The molecule has 80 valence electrons. The van der Waals surface area contributed by atoms with Crippen molar-refractivity contribution in [3.63, 3.8) is 0 Å². The van der Waals surface area contributed by atoms with E-state index in [0.29, 0.717) is 11.3 Å². The number of hydrogen-bond donors (Lipinski definition) is 1. The van der Waals surface area contributed by atoms with Gasteiger partial charge in [-0.3, -0.25) is 4.21 Å². The molecule has 15 heavy (non-hydrogen) atoms. The highest BCUT2D eigenvalue weighted by atomic mass is 32.2. The van der Waals surface area contributed by atoms with Crippen LogP contribution in [0.15, 0.2) is 18.3 Å². The van der Waals surface area contributed by atoms with E-state index in [4.69, 9.17) is 5.26 Å². The molecule has 4 nitrogen and oxygen atoms in total. The molecule has 1 heterocycles. The Balaban J connectivity index is 2.32. The van der Waals surface area contributed by atoms with Gasteiger partial charge in [-0.05, 0) is 18.6 Å². The van der Waals surface area contributed by atoms with Gasteiger partial charge in [-0.1, -0.05) is 0 Å². The molecular weight excluding hydrogens is 210 g/mol. The fraction of sp³-hybridized carbons (Fsp3) is 0.400. The summed E-state index contributed by atoms with van der Waals surface area (Å²) < 4.78 is 10.8. The van der Waals surface area contributed by atoms with Gasteiger partial charge in [0.1, 0.15) is 11.9 Å². The molecule has 0 aromatic carbocycles. The zero-order valence-electron chi connectivity index (χ0n) is 8.56. The van der Waals surface area contributed by atoms with Crippen LogP contribution < -0.4 is 5.32 Å². The molecule has 1 unspecified atom stereocenters. The molecule has 0 bridgehead atoms. The molecule has 0 radical (unpaired) electrons. The molecule has 0 amide bonds. The van der Waals surface area contributed by atoms with E-state index in [1.54, 1.807) is 18.4 Å². The Bertz CT molecular complexity index is 369. The van der Waals surface area contributed by atoms with Gasteiger partial charge in [0.15, 0.2) is 0 Å². The molecule has 0 fully saturated rings. The fourth-order valence-electron chi connectivity index (χ4n) is 1.06. The number of rotatable bonds is 5. The van der Waals surface area contributed by atoms with Crippen molar-refractivity contribution in [2.45, 2.75) is 6.42 Å². The van der Waals surface area contributed by atoms with Crippen molar-refractivity contribution in [1.29, 1.82) is 5.26 Å². The van der Waals surface area contributed by atoms with Crippen LogP contribution in [0.3, 0.4) is 0 Å². The summed E-state index contributed by atoms with van der Waals surface area (Å²) >= 11 is 0. The quantitative estimate of drug-likeness (QED) is 0.760. The zero-order chi connectivity index (χ0) is 11.1. The lowest BCUT2D eigenvalue weighted by Crippen LogP contribution is -2.07. The summed E-state index contributed by atoms with van der Waals surface area (Å²) in [5.74, 6) is 1.44. The lowest BCUT2D eigenvalue weighted by Gasteiger charge is -2.03. The van der Waals surface area contributed by atoms with Crippen molar-refractivity contribution in [2.75, 3.05) is 23.9 Å². The van der Waals surface area contributed by atoms with E-state index in [1.807, 2.05) is 6.07 Å². The minimum absolute atomic E-state index is 0.551. The lowest BCUT2D eigenvalue weighted by atomic mass is 10.3. The molecule has 0 aliphatic carbocycles. The molecule has 0 saturated carbocycles. The Morgan fingerprint density at radius 3 is 2.93 bits per heavy atom. The maximum atomic E-state index is 10.8. The first-order valence-corrected chi connectivity index (χ1v) is 6.35. The number of nitrogens with zero attached hydrogens (tertiary/aromatic N) is 2. The lowest BCUT2D eigenvalue weighted by molar-refractivity contribution is 0.685. The van der Waals surface area contributed by atoms with Crippen molar-refractivity contribution >= 4 is 16.6 Å². The highest BCUT2D eigenvalue weighted by Gasteiger charge is 1.95. The molecule has 1 aromatic rings. The van der Waals surface area contributed by atoms with Crippen LogP contribution in [0.4, 0.5) is 5.82 Å².